The zero-order valence-corrected chi connectivity index (χ0v) is 26.6. The first-order valence-corrected chi connectivity index (χ1v) is 14.7. The maximum atomic E-state index is 14.5. The molecule has 0 aliphatic rings. The fourth-order valence-corrected chi connectivity index (χ4v) is 5.03. The lowest BCUT2D eigenvalue weighted by Crippen LogP contribution is -2.53. The molecule has 3 aromatic carbocycles. The van der Waals surface area contributed by atoms with Crippen molar-refractivity contribution in [3.8, 4) is 5.75 Å². The first-order valence-electron chi connectivity index (χ1n) is 14.7. The molecule has 3 N–H and O–H groups in total. The van der Waals surface area contributed by atoms with Gasteiger partial charge in [-0.2, -0.15) is 0 Å². The van der Waals surface area contributed by atoms with Crippen LogP contribution in [0.4, 0.5) is 10.5 Å². The number of hydrogen-bond donors (Lipinski definition) is 3. The van der Waals surface area contributed by atoms with E-state index in [9.17, 15) is 19.5 Å². The average Bonchev–Trinajstić information content (AvgIpc) is 2.92. The summed E-state index contributed by atoms with van der Waals surface area (Å²) >= 11 is 0. The molecular weight excluding hydrogens is 542 g/mol. The lowest BCUT2D eigenvalue weighted by atomic mass is 9.95. The molecule has 3 aromatic rings. The number of carbonyl (C=O) groups is 3. The molecule has 0 fully saturated rings. The predicted octanol–water partition coefficient (Wildman–Crippen LogP) is 6.68. The molecule has 2 unspecified atom stereocenters. The maximum absolute atomic E-state index is 14.5. The molecule has 230 valence electrons. The van der Waals surface area contributed by atoms with Crippen LogP contribution in [0.15, 0.2) is 60.7 Å². The fourth-order valence-electron chi connectivity index (χ4n) is 5.03. The molecule has 0 spiro atoms. The second kappa shape index (κ2) is 14.2. The Hall–Kier alpha value is -4.33. The number of aryl methyl sites for hydroxylation is 4. The van der Waals surface area contributed by atoms with Gasteiger partial charge in [-0.3, -0.25) is 9.59 Å². The van der Waals surface area contributed by atoms with Crippen molar-refractivity contribution < 1.29 is 24.2 Å². The number of alkyl carbamates (subject to hydrolysis) is 1. The summed E-state index contributed by atoms with van der Waals surface area (Å²) in [5, 5.41) is 15.7. The zero-order chi connectivity index (χ0) is 31.9. The topological polar surface area (TPSA) is 108 Å². The van der Waals surface area contributed by atoms with Crippen LogP contribution in [0.3, 0.4) is 0 Å². The van der Waals surface area contributed by atoms with Gasteiger partial charge in [0.2, 0.25) is 5.91 Å². The van der Waals surface area contributed by atoms with Crippen LogP contribution in [-0.2, 0) is 20.7 Å². The van der Waals surface area contributed by atoms with E-state index in [0.29, 0.717) is 17.7 Å². The number of aromatic hydroxyl groups is 1. The molecule has 0 heterocycles. The van der Waals surface area contributed by atoms with Crippen molar-refractivity contribution >= 4 is 23.6 Å². The third kappa shape index (κ3) is 9.08. The van der Waals surface area contributed by atoms with E-state index in [2.05, 4.69) is 10.6 Å². The number of nitrogens with one attached hydrogen (secondary N) is 2. The van der Waals surface area contributed by atoms with E-state index in [1.165, 1.54) is 12.1 Å². The van der Waals surface area contributed by atoms with E-state index < -0.39 is 29.7 Å². The van der Waals surface area contributed by atoms with Crippen molar-refractivity contribution in [1.82, 2.24) is 10.2 Å². The maximum Gasteiger partial charge on any atom is 0.408 e. The highest BCUT2D eigenvalue weighted by Gasteiger charge is 2.37. The standard InChI is InChI=1S/C35H45N3O5/c1-9-19-38(33(41)29(36-34(42)43-35(6,7)8)21-26-15-17-27(39)18-16-26)31(28-20-22(2)13-14-23(28)3)32(40)37-30-24(4)11-10-12-25(30)5/h10-18,20,29,31,39H,9,19,21H2,1-8H3,(H,36,42)(H,37,40). The van der Waals surface area contributed by atoms with Gasteiger partial charge >= 0.3 is 6.09 Å². The van der Waals surface area contributed by atoms with Crippen LogP contribution < -0.4 is 10.6 Å². The number of amides is 3. The largest absolute Gasteiger partial charge is 0.508 e. The first kappa shape index (κ1) is 33.2. The molecule has 0 bridgehead atoms. The minimum atomic E-state index is -1.04. The highest BCUT2D eigenvalue weighted by atomic mass is 16.6. The Kier molecular flexibility index (Phi) is 11.0. The number of ether oxygens (including phenoxy) is 1. The van der Waals surface area contributed by atoms with Gasteiger partial charge in [-0.05, 0) is 94.8 Å². The lowest BCUT2D eigenvalue weighted by molar-refractivity contribution is -0.140. The molecule has 0 aromatic heterocycles. The average molecular weight is 588 g/mol. The summed E-state index contributed by atoms with van der Waals surface area (Å²) < 4.78 is 5.51. The van der Waals surface area contributed by atoms with E-state index in [4.69, 9.17) is 4.74 Å². The molecule has 0 aliphatic heterocycles. The summed E-state index contributed by atoms with van der Waals surface area (Å²) in [5.41, 5.74) is 5.04. The summed E-state index contributed by atoms with van der Waals surface area (Å²) in [6.45, 7) is 15.2. The third-order valence-electron chi connectivity index (χ3n) is 7.13. The van der Waals surface area contributed by atoms with Gasteiger partial charge in [-0.25, -0.2) is 4.79 Å². The Morgan fingerprint density at radius 1 is 0.907 bits per heavy atom. The highest BCUT2D eigenvalue weighted by Crippen LogP contribution is 2.30. The van der Waals surface area contributed by atoms with E-state index in [1.807, 2.05) is 71.0 Å². The fraction of sp³-hybridized carbons (Fsp3) is 0.400. The van der Waals surface area contributed by atoms with Gasteiger partial charge in [0.15, 0.2) is 0 Å². The van der Waals surface area contributed by atoms with E-state index in [0.717, 1.165) is 27.8 Å². The Bertz CT molecular complexity index is 1420. The van der Waals surface area contributed by atoms with Crippen LogP contribution >= 0.6 is 0 Å². The number of rotatable bonds is 10. The Balaban J connectivity index is 2.11. The second-order valence-corrected chi connectivity index (χ2v) is 12.1. The molecule has 2 atom stereocenters. The molecule has 8 nitrogen and oxygen atoms in total. The summed E-state index contributed by atoms with van der Waals surface area (Å²) in [6, 6.07) is 16.1. The molecule has 3 rings (SSSR count). The molecular formula is C35H45N3O5. The van der Waals surface area contributed by atoms with E-state index in [1.54, 1.807) is 37.8 Å². The van der Waals surface area contributed by atoms with Crippen LogP contribution in [0.25, 0.3) is 0 Å². The van der Waals surface area contributed by atoms with Crippen molar-refractivity contribution in [2.24, 2.45) is 0 Å². The van der Waals surface area contributed by atoms with Gasteiger partial charge in [-0.1, -0.05) is 61.0 Å². The van der Waals surface area contributed by atoms with Gasteiger partial charge in [0.05, 0.1) is 0 Å². The molecule has 0 saturated heterocycles. The molecule has 0 saturated carbocycles. The first-order chi connectivity index (χ1) is 20.2. The van der Waals surface area contributed by atoms with Gasteiger partial charge in [0.25, 0.3) is 5.91 Å². The number of phenolic OH excluding ortho intramolecular Hbond substituents is 1. The van der Waals surface area contributed by atoms with Gasteiger partial charge < -0.3 is 25.4 Å². The second-order valence-electron chi connectivity index (χ2n) is 12.1. The third-order valence-corrected chi connectivity index (χ3v) is 7.13. The molecule has 0 aliphatic carbocycles. The van der Waals surface area contributed by atoms with Crippen LogP contribution in [0.5, 0.6) is 5.75 Å². The monoisotopic (exact) mass is 587 g/mol. The quantitative estimate of drug-likeness (QED) is 0.245. The van der Waals surface area contributed by atoms with Crippen LogP contribution in [0, 0.1) is 27.7 Å². The number of nitrogens with zero attached hydrogens (tertiary/aromatic N) is 1. The summed E-state index contributed by atoms with van der Waals surface area (Å²) in [7, 11) is 0. The highest BCUT2D eigenvalue weighted by molar-refractivity contribution is 6.00. The van der Waals surface area contributed by atoms with Crippen molar-refractivity contribution in [2.45, 2.75) is 85.9 Å². The normalized spacial score (nSPS) is 12.7. The lowest BCUT2D eigenvalue weighted by Gasteiger charge is -2.35. The van der Waals surface area contributed by atoms with Crippen molar-refractivity contribution in [2.75, 3.05) is 11.9 Å². The van der Waals surface area contributed by atoms with Crippen molar-refractivity contribution in [3.63, 3.8) is 0 Å². The number of anilines is 1. The van der Waals surface area contributed by atoms with Gasteiger partial charge in [-0.15, -0.1) is 0 Å². The molecule has 0 radical (unpaired) electrons. The summed E-state index contributed by atoms with van der Waals surface area (Å²) in [4.78, 5) is 43.3. The zero-order valence-electron chi connectivity index (χ0n) is 26.6. The Labute approximate surface area is 255 Å². The molecule has 8 heteroatoms. The van der Waals surface area contributed by atoms with Crippen LogP contribution in [0.1, 0.15) is 73.5 Å². The number of benzene rings is 3. The number of carbonyl (C=O) groups excluding carboxylic acids is 3. The number of phenols is 1. The smallest absolute Gasteiger partial charge is 0.408 e. The van der Waals surface area contributed by atoms with Gasteiger partial charge in [0, 0.05) is 18.7 Å². The van der Waals surface area contributed by atoms with Crippen molar-refractivity contribution in [1.29, 1.82) is 0 Å². The van der Waals surface area contributed by atoms with Crippen LogP contribution in [-0.4, -0.2) is 46.1 Å². The van der Waals surface area contributed by atoms with E-state index >= 15 is 0 Å². The Morgan fingerprint density at radius 2 is 1.53 bits per heavy atom. The molecule has 3 amide bonds. The number of para-hydroxylation sites is 1. The predicted molar refractivity (Wildman–Crippen MR) is 170 cm³/mol. The molecule has 43 heavy (non-hydrogen) atoms. The van der Waals surface area contributed by atoms with E-state index in [-0.39, 0.29) is 24.6 Å². The van der Waals surface area contributed by atoms with Crippen molar-refractivity contribution in [3.05, 3.63) is 94.0 Å². The minimum absolute atomic E-state index is 0.0949. The van der Waals surface area contributed by atoms with Gasteiger partial charge in [0.1, 0.15) is 23.4 Å². The summed E-state index contributed by atoms with van der Waals surface area (Å²) in [5.74, 6) is -0.658. The Morgan fingerprint density at radius 3 is 2.12 bits per heavy atom. The minimum Gasteiger partial charge on any atom is -0.508 e. The SMILES string of the molecule is CCCN(C(=O)C(Cc1ccc(O)cc1)NC(=O)OC(C)(C)C)C(C(=O)Nc1c(C)cccc1C)c1cc(C)ccc1C. The summed E-state index contributed by atoms with van der Waals surface area (Å²) in [6.07, 6.45) is -0.0111. The van der Waals surface area contributed by atoms with Crippen LogP contribution in [0.2, 0.25) is 0 Å². The number of hydrogen-bond acceptors (Lipinski definition) is 5.